The molecule has 2 aromatic rings. The molecule has 7 rings (SSSR count). The maximum atomic E-state index is 13.2. The van der Waals surface area contributed by atoms with Gasteiger partial charge in [0.2, 0.25) is 11.8 Å². The molecule has 0 N–H and O–H groups in total. The van der Waals surface area contributed by atoms with Gasteiger partial charge in [-0.25, -0.2) is 4.79 Å². The van der Waals surface area contributed by atoms with Gasteiger partial charge in [-0.3, -0.25) is 29.4 Å². The first kappa shape index (κ1) is 21.4. The van der Waals surface area contributed by atoms with E-state index >= 15 is 0 Å². The lowest BCUT2D eigenvalue weighted by atomic mass is 9.63. The quantitative estimate of drug-likeness (QED) is 0.158. The Labute approximate surface area is 199 Å². The summed E-state index contributed by atoms with van der Waals surface area (Å²) in [6.07, 6.45) is 5.33. The molecule has 0 spiro atoms. The van der Waals surface area contributed by atoms with Crippen LogP contribution in [0, 0.1) is 45.6 Å². The minimum atomic E-state index is -0.734. The molecule has 1 heterocycles. The zero-order chi connectivity index (χ0) is 24.4. The van der Waals surface area contributed by atoms with Gasteiger partial charge in [-0.05, 0) is 66.5 Å². The summed E-state index contributed by atoms with van der Waals surface area (Å²) < 4.78 is 5.08. The van der Waals surface area contributed by atoms with E-state index in [0.717, 1.165) is 6.42 Å². The molecule has 0 unspecified atom stereocenters. The summed E-state index contributed by atoms with van der Waals surface area (Å²) in [5, 5.41) is 10.7. The molecule has 9 nitrogen and oxygen atoms in total. The van der Waals surface area contributed by atoms with E-state index < -0.39 is 23.3 Å². The largest absolute Gasteiger partial charge is 0.454 e. The van der Waals surface area contributed by atoms with Crippen LogP contribution >= 0.6 is 0 Å². The Balaban J connectivity index is 1.11. The van der Waals surface area contributed by atoms with Gasteiger partial charge in [-0.1, -0.05) is 12.2 Å². The molecule has 4 aliphatic carbocycles. The van der Waals surface area contributed by atoms with Gasteiger partial charge in [-0.15, -0.1) is 0 Å². The standard InChI is InChI=1S/C26H20N2O7/c29-21(13-1-7-16(8-2-13)28(33)34)12-35-26(32)14-3-5-15(6-4-14)27-24(30)22-17-9-10-18(20-11-19(17)20)23(22)25(27)31/h1-10,17-20,22-23H,11-12H2/t17-,18-,19-,20-,22-,23+/m0/s1. The lowest BCUT2D eigenvalue weighted by Crippen LogP contribution is -2.40. The van der Waals surface area contributed by atoms with E-state index in [1.807, 2.05) is 0 Å². The van der Waals surface area contributed by atoms with Gasteiger partial charge in [0.15, 0.2) is 12.4 Å². The van der Waals surface area contributed by atoms with Gasteiger partial charge in [0.1, 0.15) is 0 Å². The fourth-order valence-corrected chi connectivity index (χ4v) is 6.02. The second kappa shape index (κ2) is 7.69. The topological polar surface area (TPSA) is 124 Å². The van der Waals surface area contributed by atoms with Crippen LogP contribution < -0.4 is 4.90 Å². The van der Waals surface area contributed by atoms with Crippen LogP contribution in [0.25, 0.3) is 0 Å². The Kier molecular flexibility index (Phi) is 4.70. The summed E-state index contributed by atoms with van der Waals surface area (Å²) in [7, 11) is 0. The molecule has 2 aromatic carbocycles. The molecule has 176 valence electrons. The number of allylic oxidation sites excluding steroid dienone is 2. The van der Waals surface area contributed by atoms with Gasteiger partial charge < -0.3 is 4.74 Å². The van der Waals surface area contributed by atoms with Crippen molar-refractivity contribution in [2.45, 2.75) is 6.42 Å². The molecule has 6 atom stereocenters. The first-order valence-electron chi connectivity index (χ1n) is 11.5. The fourth-order valence-electron chi connectivity index (χ4n) is 6.02. The van der Waals surface area contributed by atoms with Gasteiger partial charge in [-0.2, -0.15) is 0 Å². The van der Waals surface area contributed by atoms with Crippen LogP contribution in [0.4, 0.5) is 11.4 Å². The molecule has 0 aromatic heterocycles. The summed E-state index contributed by atoms with van der Waals surface area (Å²) in [4.78, 5) is 62.4. The summed E-state index contributed by atoms with van der Waals surface area (Å²) in [5.41, 5.74) is 0.631. The van der Waals surface area contributed by atoms with Crippen molar-refractivity contribution in [3.05, 3.63) is 81.9 Å². The lowest BCUT2D eigenvalue weighted by Gasteiger charge is -2.37. The van der Waals surface area contributed by atoms with E-state index in [1.54, 1.807) is 0 Å². The number of ether oxygens (including phenoxy) is 1. The van der Waals surface area contributed by atoms with Crippen LogP contribution in [0.2, 0.25) is 0 Å². The zero-order valence-electron chi connectivity index (χ0n) is 18.4. The van der Waals surface area contributed by atoms with Crippen molar-refractivity contribution in [1.82, 2.24) is 0 Å². The normalized spacial score (nSPS) is 29.5. The number of nitro groups is 1. The molecule has 2 bridgehead atoms. The molecule has 35 heavy (non-hydrogen) atoms. The number of anilines is 1. The molecule has 3 fully saturated rings. The molecule has 1 saturated heterocycles. The van der Waals surface area contributed by atoms with Crippen LogP contribution in [0.3, 0.4) is 0 Å². The first-order valence-corrected chi connectivity index (χ1v) is 11.5. The van der Waals surface area contributed by atoms with Crippen molar-refractivity contribution in [2.24, 2.45) is 35.5 Å². The van der Waals surface area contributed by atoms with Crippen molar-refractivity contribution >= 4 is 34.9 Å². The second-order valence-electron chi connectivity index (χ2n) is 9.52. The van der Waals surface area contributed by atoms with Gasteiger partial charge >= 0.3 is 5.97 Å². The number of carbonyl (C=O) groups is 4. The van der Waals surface area contributed by atoms with Crippen LogP contribution in [-0.2, 0) is 14.3 Å². The molecule has 5 aliphatic rings. The summed E-state index contributed by atoms with van der Waals surface area (Å²) in [5.74, 6) is -0.848. The number of nitro benzene ring substituents is 1. The Morgan fingerprint density at radius 3 is 1.97 bits per heavy atom. The number of ketones is 1. The van der Waals surface area contributed by atoms with Crippen LogP contribution in [0.1, 0.15) is 27.1 Å². The lowest BCUT2D eigenvalue weighted by molar-refractivity contribution is -0.384. The van der Waals surface area contributed by atoms with E-state index in [-0.39, 0.29) is 52.3 Å². The molecule has 2 amide bonds. The second-order valence-corrected chi connectivity index (χ2v) is 9.52. The molecule has 0 radical (unpaired) electrons. The predicted molar refractivity (Wildman–Crippen MR) is 121 cm³/mol. The van der Waals surface area contributed by atoms with E-state index in [9.17, 15) is 29.3 Å². The number of imide groups is 1. The maximum absolute atomic E-state index is 13.2. The maximum Gasteiger partial charge on any atom is 0.338 e. The number of hydrogen-bond acceptors (Lipinski definition) is 7. The van der Waals surface area contributed by atoms with E-state index in [1.165, 1.54) is 53.4 Å². The van der Waals surface area contributed by atoms with Crippen molar-refractivity contribution < 1.29 is 28.8 Å². The van der Waals surface area contributed by atoms with Gasteiger partial charge in [0.05, 0.1) is 28.0 Å². The number of esters is 1. The number of non-ortho nitro benzene ring substituents is 1. The predicted octanol–water partition coefficient (Wildman–Crippen LogP) is 3.19. The third kappa shape index (κ3) is 3.30. The number of carbonyl (C=O) groups excluding carboxylic acids is 4. The zero-order valence-corrected chi connectivity index (χ0v) is 18.4. The summed E-state index contributed by atoms with van der Waals surface area (Å²) >= 11 is 0. The van der Waals surface area contributed by atoms with Crippen molar-refractivity contribution in [2.75, 3.05) is 11.5 Å². The number of amides is 2. The Morgan fingerprint density at radius 2 is 1.43 bits per heavy atom. The van der Waals surface area contributed by atoms with Crippen molar-refractivity contribution in [3.8, 4) is 0 Å². The first-order chi connectivity index (χ1) is 16.8. The number of benzene rings is 2. The van der Waals surface area contributed by atoms with E-state index in [4.69, 9.17) is 4.74 Å². The van der Waals surface area contributed by atoms with Crippen molar-refractivity contribution in [1.29, 1.82) is 0 Å². The number of hydrogen-bond donors (Lipinski definition) is 0. The average molecular weight is 472 g/mol. The van der Waals surface area contributed by atoms with Gasteiger partial charge in [0, 0.05) is 17.7 Å². The highest BCUT2D eigenvalue weighted by atomic mass is 16.6. The monoisotopic (exact) mass is 472 g/mol. The number of rotatable bonds is 6. The highest BCUT2D eigenvalue weighted by Crippen LogP contribution is 2.65. The Bertz CT molecular complexity index is 1280. The Morgan fingerprint density at radius 1 is 0.886 bits per heavy atom. The number of nitrogens with zero attached hydrogens (tertiary/aromatic N) is 2. The van der Waals surface area contributed by atoms with Crippen LogP contribution in [0.5, 0.6) is 0 Å². The SMILES string of the molecule is O=C(COC(=O)c1ccc(N2C(=O)[C@@H]3[C@H]4C=C[C@@H]([C@@H]5C[C@@H]45)[C@@H]3C2=O)cc1)c1ccc([N+](=O)[O-])cc1. The molecule has 9 heteroatoms. The fraction of sp³-hybridized carbons (Fsp3) is 0.308. The third-order valence-electron chi connectivity index (χ3n) is 7.76. The van der Waals surface area contributed by atoms with Gasteiger partial charge in [0.25, 0.3) is 5.69 Å². The molecule has 1 aliphatic heterocycles. The highest BCUT2D eigenvalue weighted by Gasteiger charge is 2.67. The molecular formula is C26H20N2O7. The smallest absolute Gasteiger partial charge is 0.338 e. The highest BCUT2D eigenvalue weighted by molar-refractivity contribution is 6.22. The van der Waals surface area contributed by atoms with Crippen LogP contribution in [-0.4, -0.2) is 35.1 Å². The average Bonchev–Trinajstić information content (AvgIpc) is 3.65. The van der Waals surface area contributed by atoms with E-state index in [0.29, 0.717) is 17.5 Å². The Hall–Kier alpha value is -4.14. The molecular weight excluding hydrogens is 452 g/mol. The van der Waals surface area contributed by atoms with Crippen LogP contribution in [0.15, 0.2) is 60.7 Å². The minimum Gasteiger partial charge on any atom is -0.454 e. The summed E-state index contributed by atoms with van der Waals surface area (Å²) in [6, 6.07) is 11.0. The van der Waals surface area contributed by atoms with E-state index in [2.05, 4.69) is 12.2 Å². The number of Topliss-reactive ketones (excluding diaryl/α,β-unsaturated/α-hetero) is 1. The molecule has 2 saturated carbocycles. The minimum absolute atomic E-state index is 0.138. The third-order valence-corrected chi connectivity index (χ3v) is 7.76. The summed E-state index contributed by atoms with van der Waals surface area (Å²) in [6.45, 7) is -0.525. The van der Waals surface area contributed by atoms with Crippen molar-refractivity contribution in [3.63, 3.8) is 0 Å².